The molecule has 0 saturated carbocycles. The Hall–Kier alpha value is -2.83. The molecule has 0 aliphatic carbocycles. The zero-order chi connectivity index (χ0) is 47.6. The van der Waals surface area contributed by atoms with E-state index in [-0.39, 0.29) is 36.1 Å². The van der Waals surface area contributed by atoms with Gasteiger partial charge in [0.25, 0.3) is 0 Å². The minimum atomic E-state index is -1.85. The standard InChI is InChI=1S/C43H63ClIN5O12S2/c1-25-13-11-14-32(59-10)43(56)23-31(60-40(55)46-43)26(2)38-42(5,62-38)33(22-36(53)50(7)29-20-28(19-25)21-30(58-9)37(29)44)61-39(54)27(3)49(6)35(52)16-17-41(4,24-57-8)64-63-18-12-15-34(51)47-48-45/h11,13-14,20-21,26-27,31-33,38,48,56H,12,15-19,22-24H2,1-10H3,(H,46,55)(H,47,51)/b14-11+,25-13+/t26-,27+,31+,32-,33+,38+,41?,42+,43+/m1/s1. The summed E-state index contributed by atoms with van der Waals surface area (Å²) in [6, 6.07) is 2.52. The van der Waals surface area contributed by atoms with Crippen molar-refractivity contribution in [2.75, 3.05) is 52.7 Å². The van der Waals surface area contributed by atoms with E-state index < -0.39 is 70.4 Å². The second-order valence-corrected chi connectivity index (χ2v) is 20.9. The van der Waals surface area contributed by atoms with E-state index in [1.807, 2.05) is 42.8 Å². The lowest BCUT2D eigenvalue weighted by atomic mass is 9.83. The maximum absolute atomic E-state index is 14.3. The van der Waals surface area contributed by atoms with Crippen LogP contribution in [-0.4, -0.2) is 134 Å². The fraction of sp³-hybridized carbons (Fsp3) is 0.651. The molecule has 17 nitrogen and oxygen atoms in total. The van der Waals surface area contributed by atoms with Gasteiger partial charge >= 0.3 is 12.1 Å². The molecule has 4 amide bonds. The number of alkyl carbamates (subject to hydrolysis) is 1. The lowest BCUT2D eigenvalue weighted by Crippen LogP contribution is -2.63. The number of ether oxygens (including phenoxy) is 6. The third-order valence-corrected chi connectivity index (χ3v) is 15.9. The molecule has 3 aliphatic heterocycles. The lowest BCUT2D eigenvalue weighted by Gasteiger charge is -2.42. The van der Waals surface area contributed by atoms with Gasteiger partial charge < -0.3 is 43.3 Å². The number of hydrogen-bond acceptors (Lipinski definition) is 15. The molecule has 4 N–H and O–H groups in total. The van der Waals surface area contributed by atoms with Crippen molar-refractivity contribution in [2.24, 2.45) is 5.92 Å². The van der Waals surface area contributed by atoms with E-state index in [0.29, 0.717) is 43.7 Å². The highest BCUT2D eigenvalue weighted by Gasteiger charge is 2.64. The second-order valence-electron chi connectivity index (χ2n) is 16.9. The molecule has 2 saturated heterocycles. The second kappa shape index (κ2) is 23.8. The average molecular weight is 1070 g/mol. The minimum absolute atomic E-state index is 0.0718. The van der Waals surface area contributed by atoms with Gasteiger partial charge in [-0.2, -0.15) is 3.64 Å². The number of likely N-dealkylation sites (N-methyl/N-ethyl adjacent to an activating group) is 1. The summed E-state index contributed by atoms with van der Waals surface area (Å²) in [5.74, 6) is -1.09. The highest BCUT2D eigenvalue weighted by Crippen LogP contribution is 2.49. The van der Waals surface area contributed by atoms with Gasteiger partial charge in [0.05, 0.1) is 31.9 Å². The molecule has 9 atom stereocenters. The summed E-state index contributed by atoms with van der Waals surface area (Å²) >= 11 is 8.66. The molecule has 1 aromatic carbocycles. The van der Waals surface area contributed by atoms with Gasteiger partial charge in [-0.15, -0.1) is 0 Å². The van der Waals surface area contributed by atoms with Crippen LogP contribution in [0.2, 0.25) is 5.02 Å². The number of carbonyl (C=O) groups excluding carboxylic acids is 5. The summed E-state index contributed by atoms with van der Waals surface area (Å²) in [5.41, 5.74) is 1.51. The van der Waals surface area contributed by atoms with Crippen molar-refractivity contribution in [3.05, 3.63) is 46.5 Å². The number of aliphatic hydroxyl groups is 1. The normalized spacial score (nSPS) is 28.8. The van der Waals surface area contributed by atoms with Gasteiger partial charge in [0.15, 0.2) is 5.72 Å². The van der Waals surface area contributed by atoms with Gasteiger partial charge in [-0.1, -0.05) is 63.9 Å². The van der Waals surface area contributed by atoms with Gasteiger partial charge in [0, 0.05) is 86.9 Å². The number of fused-ring (bicyclic) bond motifs is 5. The molecule has 4 bridgehead atoms. The zero-order valence-corrected chi connectivity index (χ0v) is 42.7. The highest BCUT2D eigenvalue weighted by atomic mass is 127. The Morgan fingerprint density at radius 1 is 1.22 bits per heavy atom. The predicted molar refractivity (Wildman–Crippen MR) is 255 cm³/mol. The summed E-state index contributed by atoms with van der Waals surface area (Å²) in [6.07, 6.45) is 2.31. The lowest BCUT2D eigenvalue weighted by molar-refractivity contribution is -0.162. The number of nitrogens with zero attached hydrogens (tertiary/aromatic N) is 2. The summed E-state index contributed by atoms with van der Waals surface area (Å²) in [6.45, 7) is 9.36. The number of epoxide rings is 1. The van der Waals surface area contributed by atoms with Crippen LogP contribution in [0.25, 0.3) is 0 Å². The van der Waals surface area contributed by atoms with Gasteiger partial charge in [0.1, 0.15) is 40.7 Å². The Bertz CT molecular complexity index is 1920. The zero-order valence-electron chi connectivity index (χ0n) is 38.1. The first-order valence-electron chi connectivity index (χ1n) is 20.9. The molecule has 1 aromatic rings. The monoisotopic (exact) mass is 1070 g/mol. The van der Waals surface area contributed by atoms with E-state index in [1.54, 1.807) is 80.8 Å². The number of amides is 4. The van der Waals surface area contributed by atoms with Crippen molar-refractivity contribution in [3.63, 3.8) is 0 Å². The Balaban J connectivity index is 1.59. The molecule has 21 heteroatoms. The first kappa shape index (κ1) is 53.8. The fourth-order valence-corrected chi connectivity index (χ4v) is 11.2. The average Bonchev–Trinajstić information content (AvgIpc) is 3.94. The summed E-state index contributed by atoms with van der Waals surface area (Å²) in [5, 5.41) is 14.6. The fourth-order valence-electron chi connectivity index (χ4n) is 7.80. The van der Waals surface area contributed by atoms with E-state index in [0.717, 1.165) is 16.9 Å². The number of nitrogens with one attached hydrogen (secondary N) is 3. The Kier molecular flexibility index (Phi) is 20.0. The molecular weight excluding hydrogens is 1000 g/mol. The molecule has 0 spiro atoms. The first-order chi connectivity index (χ1) is 30.1. The van der Waals surface area contributed by atoms with E-state index in [4.69, 9.17) is 40.0 Å². The molecule has 0 aromatic heterocycles. The van der Waals surface area contributed by atoms with Crippen LogP contribution in [-0.2, 0) is 49.3 Å². The van der Waals surface area contributed by atoms with Crippen LogP contribution >= 0.6 is 56.1 Å². The van der Waals surface area contributed by atoms with Gasteiger partial charge in [-0.05, 0) is 64.7 Å². The summed E-state index contributed by atoms with van der Waals surface area (Å²) in [4.78, 5) is 69.5. The van der Waals surface area contributed by atoms with Crippen molar-refractivity contribution >= 4 is 91.5 Å². The molecule has 3 heterocycles. The molecule has 3 aliphatic rings. The SMILES string of the molecule is COCC(C)(CCC(=O)N(C)[C@@H](C)C(=O)O[C@H]1CC(=O)N(C)c2cc(cc(OC)c2Cl)C/C(C)=C/C=C/[C@@H](OC)[C@@]2(O)C[C@H](OC(=O)N2)[C@@H](C)[C@@H]2O[C@@]12C)SSCCCC(=O)NNI. The highest BCUT2D eigenvalue weighted by molar-refractivity contribution is 14.1. The number of hydrogen-bond donors (Lipinski definition) is 4. The van der Waals surface area contributed by atoms with Crippen LogP contribution in [0.15, 0.2) is 35.9 Å². The van der Waals surface area contributed by atoms with Crippen molar-refractivity contribution in [1.29, 1.82) is 0 Å². The predicted octanol–water partition coefficient (Wildman–Crippen LogP) is 5.83. The number of anilines is 1. The maximum atomic E-state index is 14.3. The summed E-state index contributed by atoms with van der Waals surface area (Å²) < 4.78 is 37.1. The van der Waals surface area contributed by atoms with Crippen LogP contribution < -0.4 is 24.0 Å². The third-order valence-electron chi connectivity index (χ3n) is 11.9. The molecule has 358 valence electrons. The van der Waals surface area contributed by atoms with Crippen molar-refractivity contribution < 1.29 is 57.5 Å². The van der Waals surface area contributed by atoms with Crippen LogP contribution in [0.4, 0.5) is 10.5 Å². The van der Waals surface area contributed by atoms with Crippen molar-refractivity contribution in [2.45, 2.75) is 126 Å². The van der Waals surface area contributed by atoms with E-state index in [9.17, 15) is 29.1 Å². The maximum Gasteiger partial charge on any atom is 0.409 e. The molecule has 4 rings (SSSR count). The van der Waals surface area contributed by atoms with E-state index in [2.05, 4.69) is 14.4 Å². The van der Waals surface area contributed by atoms with Gasteiger partial charge in [0.2, 0.25) is 17.7 Å². The quantitative estimate of drug-likeness (QED) is 0.0276. The van der Waals surface area contributed by atoms with Crippen molar-refractivity contribution in [1.82, 2.24) is 19.3 Å². The van der Waals surface area contributed by atoms with Crippen LogP contribution in [0.3, 0.4) is 0 Å². The molecule has 1 unspecified atom stereocenters. The molecule has 64 heavy (non-hydrogen) atoms. The van der Waals surface area contributed by atoms with E-state index >= 15 is 0 Å². The number of allylic oxidation sites excluding steroid dienone is 3. The Morgan fingerprint density at radius 3 is 2.59 bits per heavy atom. The largest absolute Gasteiger partial charge is 0.495 e. The molecule has 0 radical (unpaired) electrons. The topological polar surface area (TPSA) is 207 Å². The smallest absolute Gasteiger partial charge is 0.409 e. The van der Waals surface area contributed by atoms with Crippen LogP contribution in [0, 0.1) is 5.92 Å². The van der Waals surface area contributed by atoms with Gasteiger partial charge in [-0.25, -0.2) is 9.59 Å². The van der Waals surface area contributed by atoms with Crippen molar-refractivity contribution in [3.8, 4) is 5.75 Å². The summed E-state index contributed by atoms with van der Waals surface area (Å²) in [7, 11) is 10.8. The Morgan fingerprint density at radius 2 is 1.94 bits per heavy atom. The number of esters is 1. The van der Waals surface area contributed by atoms with Gasteiger partial charge in [-0.3, -0.25) is 25.1 Å². The number of benzene rings is 1. The number of halogens is 2. The van der Waals surface area contributed by atoms with E-state index in [1.165, 1.54) is 31.1 Å². The van der Waals surface area contributed by atoms with Crippen LogP contribution in [0.5, 0.6) is 5.75 Å². The number of methoxy groups -OCH3 is 3. The minimum Gasteiger partial charge on any atom is -0.495 e. The first-order valence-corrected chi connectivity index (χ1v) is 24.7. The molecule has 2 fully saturated rings. The third kappa shape index (κ3) is 13.9. The number of carbonyl (C=O) groups is 5. The number of hydrazine groups is 1. The van der Waals surface area contributed by atoms with Crippen LogP contribution in [0.1, 0.15) is 78.7 Å². The Labute approximate surface area is 403 Å². The molecular formula is C43H63ClIN5O12S2. The number of rotatable bonds is 17.